The normalized spacial score (nSPS) is 15.0. The van der Waals surface area contributed by atoms with E-state index >= 15 is 0 Å². The first-order chi connectivity index (χ1) is 9.86. The molecule has 0 aliphatic heterocycles. The highest BCUT2D eigenvalue weighted by Gasteiger charge is 2.30. The summed E-state index contributed by atoms with van der Waals surface area (Å²) in [5, 5.41) is 9.63. The van der Waals surface area contributed by atoms with Crippen molar-refractivity contribution >= 4 is 27.0 Å². The number of carboxylic acids is 1. The summed E-state index contributed by atoms with van der Waals surface area (Å²) in [6.07, 6.45) is 3.41. The average molecular weight is 311 g/mol. The van der Waals surface area contributed by atoms with Gasteiger partial charge in [-0.3, -0.25) is 4.79 Å². The molecule has 114 valence electrons. The second-order valence-electron chi connectivity index (χ2n) is 4.88. The second kappa shape index (κ2) is 5.82. The van der Waals surface area contributed by atoms with E-state index in [1.165, 1.54) is 6.20 Å². The van der Waals surface area contributed by atoms with Crippen LogP contribution in [0.15, 0.2) is 29.4 Å². The van der Waals surface area contributed by atoms with Crippen molar-refractivity contribution in [2.45, 2.75) is 31.2 Å². The number of hydrogen-bond donors (Lipinski definition) is 3. The van der Waals surface area contributed by atoms with E-state index in [0.29, 0.717) is 17.5 Å². The Balaban J connectivity index is 2.40. The van der Waals surface area contributed by atoms with Gasteiger partial charge < -0.3 is 10.1 Å². The van der Waals surface area contributed by atoms with Crippen LogP contribution >= 0.6 is 0 Å². The average Bonchev–Trinajstić information content (AvgIpc) is 2.88. The van der Waals surface area contributed by atoms with Gasteiger partial charge in [-0.1, -0.05) is 20.3 Å². The molecule has 0 radical (unpaired) electrons. The van der Waals surface area contributed by atoms with Gasteiger partial charge in [0.15, 0.2) is 0 Å². The van der Waals surface area contributed by atoms with Crippen molar-refractivity contribution < 1.29 is 18.3 Å². The molecule has 0 saturated carbocycles. The fraction of sp³-hybridized carbons (Fsp3) is 0.385. The van der Waals surface area contributed by atoms with Gasteiger partial charge >= 0.3 is 5.97 Å². The van der Waals surface area contributed by atoms with Crippen LogP contribution in [0.2, 0.25) is 0 Å². The van der Waals surface area contributed by atoms with Crippen LogP contribution in [0, 0.1) is 5.92 Å². The van der Waals surface area contributed by atoms with Crippen molar-refractivity contribution in [3.05, 3.63) is 24.5 Å². The highest BCUT2D eigenvalue weighted by atomic mass is 32.2. The Hall–Kier alpha value is -1.93. The first-order valence-corrected chi connectivity index (χ1v) is 8.02. The maximum absolute atomic E-state index is 12.4. The van der Waals surface area contributed by atoms with Gasteiger partial charge in [-0.2, -0.15) is 4.72 Å². The number of fused-ring (bicyclic) bond motifs is 1. The van der Waals surface area contributed by atoms with E-state index in [0.717, 1.165) is 0 Å². The number of aliphatic carboxylic acids is 1. The highest BCUT2D eigenvalue weighted by Crippen LogP contribution is 2.22. The number of H-pyrrole nitrogens is 1. The van der Waals surface area contributed by atoms with Crippen LogP contribution in [0.4, 0.5) is 0 Å². The Morgan fingerprint density at radius 2 is 2.24 bits per heavy atom. The van der Waals surface area contributed by atoms with Crippen molar-refractivity contribution in [3.8, 4) is 0 Å². The summed E-state index contributed by atoms with van der Waals surface area (Å²) < 4.78 is 27.1. The Labute approximate surface area is 122 Å². The maximum Gasteiger partial charge on any atom is 0.322 e. The molecule has 2 rings (SSSR count). The molecule has 0 aromatic carbocycles. The molecular formula is C13H17N3O4S. The topological polar surface area (TPSA) is 112 Å². The number of aromatic amines is 1. The Morgan fingerprint density at radius 3 is 2.86 bits per heavy atom. The van der Waals surface area contributed by atoms with Crippen LogP contribution < -0.4 is 4.72 Å². The number of rotatable bonds is 6. The van der Waals surface area contributed by atoms with Crippen molar-refractivity contribution in [2.24, 2.45) is 5.92 Å². The van der Waals surface area contributed by atoms with E-state index in [1.807, 2.05) is 6.92 Å². The summed E-state index contributed by atoms with van der Waals surface area (Å²) in [6.45, 7) is 3.50. The van der Waals surface area contributed by atoms with Crippen LogP contribution in [0.25, 0.3) is 11.0 Å². The number of nitrogens with zero attached hydrogens (tertiary/aromatic N) is 1. The lowest BCUT2D eigenvalue weighted by Gasteiger charge is -2.19. The molecule has 0 aliphatic rings. The highest BCUT2D eigenvalue weighted by molar-refractivity contribution is 7.89. The molecule has 2 heterocycles. The summed E-state index contributed by atoms with van der Waals surface area (Å²) in [5.41, 5.74) is 0.438. The van der Waals surface area contributed by atoms with E-state index in [9.17, 15) is 18.3 Å². The van der Waals surface area contributed by atoms with Crippen molar-refractivity contribution in [2.75, 3.05) is 0 Å². The second-order valence-corrected chi connectivity index (χ2v) is 6.56. The van der Waals surface area contributed by atoms with Crippen molar-refractivity contribution in [3.63, 3.8) is 0 Å². The molecule has 0 fully saturated rings. The molecule has 2 aromatic heterocycles. The zero-order valence-electron chi connectivity index (χ0n) is 11.7. The summed E-state index contributed by atoms with van der Waals surface area (Å²) in [6, 6.07) is 2.08. The predicted octanol–water partition coefficient (Wildman–Crippen LogP) is 1.34. The fourth-order valence-electron chi connectivity index (χ4n) is 2.03. The molecule has 0 spiro atoms. The Morgan fingerprint density at radius 1 is 1.52 bits per heavy atom. The van der Waals surface area contributed by atoms with Gasteiger partial charge in [-0.15, -0.1) is 0 Å². The molecule has 0 amide bonds. The molecule has 2 atom stereocenters. The monoisotopic (exact) mass is 311 g/mol. The van der Waals surface area contributed by atoms with Gasteiger partial charge in [-0.05, 0) is 18.1 Å². The first-order valence-electron chi connectivity index (χ1n) is 6.54. The minimum Gasteiger partial charge on any atom is -0.480 e. The van der Waals surface area contributed by atoms with E-state index in [2.05, 4.69) is 14.7 Å². The van der Waals surface area contributed by atoms with Crippen molar-refractivity contribution in [1.82, 2.24) is 14.7 Å². The molecular weight excluding hydrogens is 294 g/mol. The van der Waals surface area contributed by atoms with Crippen LogP contribution in [-0.4, -0.2) is 35.5 Å². The third kappa shape index (κ3) is 3.06. The van der Waals surface area contributed by atoms with Crippen LogP contribution in [0.5, 0.6) is 0 Å². The molecule has 1 unspecified atom stereocenters. The smallest absolute Gasteiger partial charge is 0.322 e. The lowest BCUT2D eigenvalue weighted by molar-refractivity contribution is -0.140. The summed E-state index contributed by atoms with van der Waals surface area (Å²) in [5.74, 6) is -1.51. The summed E-state index contributed by atoms with van der Waals surface area (Å²) >= 11 is 0. The third-order valence-corrected chi connectivity index (χ3v) is 4.94. The number of carbonyl (C=O) groups is 1. The van der Waals surface area contributed by atoms with Crippen LogP contribution in [0.3, 0.4) is 0 Å². The van der Waals surface area contributed by atoms with Gasteiger partial charge in [0.1, 0.15) is 16.6 Å². The number of hydrogen-bond acceptors (Lipinski definition) is 4. The predicted molar refractivity (Wildman–Crippen MR) is 77.3 cm³/mol. The number of nitrogens with one attached hydrogen (secondary N) is 2. The molecule has 0 bridgehead atoms. The van der Waals surface area contributed by atoms with Gasteiger partial charge in [0.05, 0.1) is 0 Å². The summed E-state index contributed by atoms with van der Waals surface area (Å²) in [4.78, 5) is 18.0. The van der Waals surface area contributed by atoms with Gasteiger partial charge in [0.25, 0.3) is 0 Å². The molecule has 0 aliphatic carbocycles. The molecule has 7 nitrogen and oxygen atoms in total. The minimum atomic E-state index is -3.94. The summed E-state index contributed by atoms with van der Waals surface area (Å²) in [7, 11) is -3.94. The molecule has 0 saturated heterocycles. The quantitative estimate of drug-likeness (QED) is 0.745. The molecule has 21 heavy (non-hydrogen) atoms. The Kier molecular flexibility index (Phi) is 4.29. The molecule has 2 aromatic rings. The van der Waals surface area contributed by atoms with E-state index in [4.69, 9.17) is 0 Å². The number of sulfonamides is 1. The Bertz CT molecular complexity index is 754. The van der Waals surface area contributed by atoms with E-state index < -0.39 is 22.0 Å². The SMILES string of the molecule is CCC(C)[C@H](NS(=O)(=O)c1c[nH]c2ncccc12)C(=O)O. The number of aromatic nitrogens is 2. The van der Waals surface area contributed by atoms with E-state index in [1.54, 1.807) is 25.3 Å². The number of pyridine rings is 1. The van der Waals surface area contributed by atoms with Gasteiger partial charge in [0.2, 0.25) is 10.0 Å². The zero-order chi connectivity index (χ0) is 15.6. The van der Waals surface area contributed by atoms with Gasteiger partial charge in [-0.25, -0.2) is 13.4 Å². The zero-order valence-corrected chi connectivity index (χ0v) is 12.5. The van der Waals surface area contributed by atoms with Crippen LogP contribution in [0.1, 0.15) is 20.3 Å². The minimum absolute atomic E-state index is 0.000142. The lowest BCUT2D eigenvalue weighted by Crippen LogP contribution is -2.44. The molecule has 8 heteroatoms. The number of carboxylic acid groups (broad SMARTS) is 1. The maximum atomic E-state index is 12.4. The van der Waals surface area contributed by atoms with Crippen LogP contribution in [-0.2, 0) is 14.8 Å². The first kappa shape index (κ1) is 15.5. The molecule has 3 N–H and O–H groups in total. The van der Waals surface area contributed by atoms with Crippen molar-refractivity contribution in [1.29, 1.82) is 0 Å². The largest absolute Gasteiger partial charge is 0.480 e. The van der Waals surface area contributed by atoms with E-state index in [-0.39, 0.29) is 10.8 Å². The third-order valence-electron chi connectivity index (χ3n) is 3.46. The fourth-order valence-corrected chi connectivity index (χ4v) is 3.49. The van der Waals surface area contributed by atoms with Gasteiger partial charge in [0, 0.05) is 17.8 Å². The standard InChI is InChI=1S/C13H17N3O4S/c1-3-8(2)11(13(17)18)16-21(19,20)10-7-15-12-9(10)5-4-6-14-12/h4-8,11,16H,3H2,1-2H3,(H,14,15)(H,17,18)/t8?,11-/m0/s1. The lowest BCUT2D eigenvalue weighted by atomic mass is 10.0.